The van der Waals surface area contributed by atoms with Gasteiger partial charge in [-0.15, -0.1) is 0 Å². The van der Waals surface area contributed by atoms with Crippen molar-refractivity contribution in [3.05, 3.63) is 231 Å². The van der Waals surface area contributed by atoms with E-state index in [9.17, 15) is 0 Å². The number of nitrogens with zero attached hydrogens (tertiary/aromatic N) is 2. The van der Waals surface area contributed by atoms with Crippen LogP contribution in [0.25, 0.3) is 82.4 Å². The Labute approximate surface area is 338 Å². The van der Waals surface area contributed by atoms with Crippen LogP contribution < -0.4 is 4.90 Å². The molecule has 0 spiro atoms. The first kappa shape index (κ1) is 33.6. The van der Waals surface area contributed by atoms with Gasteiger partial charge in [-0.25, -0.2) is 0 Å². The van der Waals surface area contributed by atoms with Crippen LogP contribution in [0.1, 0.15) is 0 Å². The molecule has 0 bridgehead atoms. The number of fused-ring (bicyclic) bond motifs is 5. The monoisotopic (exact) mass is 738 g/mol. The Hall–Kier alpha value is -7.68. The predicted octanol–water partition coefficient (Wildman–Crippen LogP) is 15.6. The van der Waals surface area contributed by atoms with Crippen molar-refractivity contribution in [3.63, 3.8) is 0 Å². The molecule has 0 amide bonds. The Morgan fingerprint density at radius 3 is 1.62 bits per heavy atom. The van der Waals surface area contributed by atoms with Crippen LogP contribution >= 0.6 is 0 Å². The highest BCUT2D eigenvalue weighted by Gasteiger charge is 2.23. The Balaban J connectivity index is 1.17. The van der Waals surface area contributed by atoms with Gasteiger partial charge in [0.1, 0.15) is 0 Å². The number of hydrogen-bond acceptors (Lipinski definition) is 1. The first-order valence-corrected chi connectivity index (χ1v) is 19.9. The number of rotatable bonds is 7. The van der Waals surface area contributed by atoms with E-state index in [4.69, 9.17) is 0 Å². The van der Waals surface area contributed by atoms with Gasteiger partial charge in [0.25, 0.3) is 0 Å². The highest BCUT2D eigenvalue weighted by atomic mass is 15.1. The molecule has 1 aromatic heterocycles. The van der Waals surface area contributed by atoms with Gasteiger partial charge in [-0.05, 0) is 110 Å². The zero-order chi connectivity index (χ0) is 38.4. The Kier molecular flexibility index (Phi) is 8.19. The molecule has 2 nitrogen and oxygen atoms in total. The molecule has 0 aliphatic carbocycles. The molecule has 0 aliphatic rings. The van der Waals surface area contributed by atoms with Gasteiger partial charge < -0.3 is 9.47 Å². The minimum absolute atomic E-state index is 1.11. The van der Waals surface area contributed by atoms with Crippen LogP contribution in [0.2, 0.25) is 0 Å². The lowest BCUT2D eigenvalue weighted by Gasteiger charge is -2.28. The van der Waals surface area contributed by atoms with Crippen LogP contribution in [-0.4, -0.2) is 4.57 Å². The molecule has 58 heavy (non-hydrogen) atoms. The summed E-state index contributed by atoms with van der Waals surface area (Å²) in [5.41, 5.74) is 14.0. The maximum atomic E-state index is 2.45. The molecule has 0 aliphatic heterocycles. The fraction of sp³-hybridized carbons (Fsp3) is 0. The van der Waals surface area contributed by atoms with E-state index >= 15 is 0 Å². The zero-order valence-corrected chi connectivity index (χ0v) is 31.8. The zero-order valence-electron chi connectivity index (χ0n) is 31.8. The van der Waals surface area contributed by atoms with E-state index in [2.05, 4.69) is 240 Å². The number of benzene rings is 10. The van der Waals surface area contributed by atoms with Crippen molar-refractivity contribution in [2.75, 3.05) is 4.90 Å². The Morgan fingerprint density at radius 2 is 0.879 bits per heavy atom. The van der Waals surface area contributed by atoms with Crippen LogP contribution in [0.5, 0.6) is 0 Å². The summed E-state index contributed by atoms with van der Waals surface area (Å²) in [6.45, 7) is 0. The average Bonchev–Trinajstić information content (AvgIpc) is 3.64. The van der Waals surface area contributed by atoms with Gasteiger partial charge in [0.2, 0.25) is 0 Å². The Bertz CT molecular complexity index is 3290. The van der Waals surface area contributed by atoms with Crippen LogP contribution in [0.15, 0.2) is 231 Å². The van der Waals surface area contributed by atoms with E-state index in [0.717, 1.165) is 33.8 Å². The lowest BCUT2D eigenvalue weighted by molar-refractivity contribution is 1.18. The minimum Gasteiger partial charge on any atom is -0.309 e. The second-order valence-electron chi connectivity index (χ2n) is 14.9. The van der Waals surface area contributed by atoms with Gasteiger partial charge in [-0.3, -0.25) is 0 Å². The van der Waals surface area contributed by atoms with Crippen LogP contribution in [0.4, 0.5) is 17.1 Å². The molecule has 0 radical (unpaired) electrons. The first-order valence-electron chi connectivity index (χ1n) is 19.9. The number of hydrogen-bond donors (Lipinski definition) is 0. The molecule has 272 valence electrons. The van der Waals surface area contributed by atoms with Crippen molar-refractivity contribution >= 4 is 60.4 Å². The summed E-state index contributed by atoms with van der Waals surface area (Å²) < 4.78 is 2.45. The fourth-order valence-electron chi connectivity index (χ4n) is 8.86. The van der Waals surface area contributed by atoms with Gasteiger partial charge in [-0.1, -0.05) is 170 Å². The van der Waals surface area contributed by atoms with Crippen molar-refractivity contribution < 1.29 is 0 Å². The van der Waals surface area contributed by atoms with Crippen LogP contribution in [0.3, 0.4) is 0 Å². The highest BCUT2D eigenvalue weighted by molar-refractivity contribution is 6.17. The third-order valence-corrected chi connectivity index (χ3v) is 11.5. The lowest BCUT2D eigenvalue weighted by Crippen LogP contribution is -2.11. The molecule has 0 saturated heterocycles. The van der Waals surface area contributed by atoms with Crippen molar-refractivity contribution in [1.82, 2.24) is 4.57 Å². The molecule has 0 atom stereocenters. The summed E-state index contributed by atoms with van der Waals surface area (Å²) in [5.74, 6) is 0. The van der Waals surface area contributed by atoms with Gasteiger partial charge >= 0.3 is 0 Å². The number of anilines is 3. The summed E-state index contributed by atoms with van der Waals surface area (Å²) in [6, 6.07) is 83.8. The Morgan fingerprint density at radius 1 is 0.310 bits per heavy atom. The van der Waals surface area contributed by atoms with E-state index in [-0.39, 0.29) is 0 Å². The van der Waals surface area contributed by atoms with Gasteiger partial charge in [0.15, 0.2) is 0 Å². The molecular weight excluding hydrogens is 701 g/mol. The largest absolute Gasteiger partial charge is 0.309 e. The maximum Gasteiger partial charge on any atom is 0.0562 e. The van der Waals surface area contributed by atoms with Crippen LogP contribution in [-0.2, 0) is 0 Å². The molecule has 0 saturated carbocycles. The molecule has 2 heteroatoms. The van der Waals surface area contributed by atoms with E-state index < -0.39 is 0 Å². The third-order valence-electron chi connectivity index (χ3n) is 11.5. The van der Waals surface area contributed by atoms with Gasteiger partial charge in [-0.2, -0.15) is 0 Å². The van der Waals surface area contributed by atoms with Gasteiger partial charge in [0.05, 0.1) is 22.4 Å². The normalized spacial score (nSPS) is 11.4. The van der Waals surface area contributed by atoms with Crippen molar-refractivity contribution in [2.24, 2.45) is 0 Å². The summed E-state index contributed by atoms with van der Waals surface area (Å²) in [4.78, 5) is 2.44. The molecule has 0 N–H and O–H groups in total. The molecule has 11 rings (SSSR count). The maximum absolute atomic E-state index is 2.45. The summed E-state index contributed by atoms with van der Waals surface area (Å²) in [6.07, 6.45) is 0. The molecule has 10 aromatic carbocycles. The topological polar surface area (TPSA) is 8.17 Å². The molecule has 1 heterocycles. The summed E-state index contributed by atoms with van der Waals surface area (Å²) >= 11 is 0. The van der Waals surface area contributed by atoms with E-state index in [1.165, 1.54) is 65.7 Å². The SMILES string of the molecule is c1ccc(-c2ccccc2N(c2ccccc2)c2cccc3c2c2ccccc2n3-c2ccc(-c3ccc4ccccc4c3)c(-c3ccc4ccccc4c3)c2)cc1. The van der Waals surface area contributed by atoms with E-state index in [1.807, 2.05) is 0 Å². The predicted molar refractivity (Wildman–Crippen MR) is 247 cm³/mol. The van der Waals surface area contributed by atoms with Crippen LogP contribution in [0, 0.1) is 0 Å². The minimum atomic E-state index is 1.11. The average molecular weight is 739 g/mol. The quantitative estimate of drug-likeness (QED) is 0.158. The third kappa shape index (κ3) is 5.74. The highest BCUT2D eigenvalue weighted by Crippen LogP contribution is 2.47. The molecule has 0 unspecified atom stereocenters. The summed E-state index contributed by atoms with van der Waals surface area (Å²) in [7, 11) is 0. The number of para-hydroxylation sites is 3. The smallest absolute Gasteiger partial charge is 0.0562 e. The molecular formula is C56H38N2. The molecule has 0 fully saturated rings. The van der Waals surface area contributed by atoms with Crippen molar-refractivity contribution in [2.45, 2.75) is 0 Å². The lowest BCUT2D eigenvalue weighted by atomic mass is 9.91. The second-order valence-corrected chi connectivity index (χ2v) is 14.9. The second kappa shape index (κ2) is 14.1. The van der Waals surface area contributed by atoms with Gasteiger partial charge in [0, 0.05) is 27.7 Å². The van der Waals surface area contributed by atoms with Crippen molar-refractivity contribution in [3.8, 4) is 39.1 Å². The van der Waals surface area contributed by atoms with Crippen molar-refractivity contribution in [1.29, 1.82) is 0 Å². The summed E-state index contributed by atoms with van der Waals surface area (Å²) in [5, 5.41) is 7.36. The molecule has 11 aromatic rings. The van der Waals surface area contributed by atoms with E-state index in [0.29, 0.717) is 0 Å². The standard InChI is InChI=1S/C56H38N2/c1-3-18-41(19-4-1)49-24-11-13-26-52(49)57(46-22-5-2-6-23-46)54-28-15-29-55-56(54)50-25-12-14-27-53(50)58(55)47-34-35-48(44-32-30-39-16-7-9-20-42(39)36-44)51(38-47)45-33-31-40-17-8-10-21-43(40)37-45/h1-38H. The first-order chi connectivity index (χ1) is 28.8. The number of aromatic nitrogens is 1. The van der Waals surface area contributed by atoms with E-state index in [1.54, 1.807) is 0 Å². The fourth-order valence-corrected chi connectivity index (χ4v) is 8.86.